The number of thiazole rings is 1. The number of halogens is 1. The Bertz CT molecular complexity index is 1030. The van der Waals surface area contributed by atoms with E-state index in [9.17, 15) is 4.79 Å². The molecule has 2 heterocycles. The van der Waals surface area contributed by atoms with Gasteiger partial charge < -0.3 is 4.74 Å². The largest absolute Gasteiger partial charge is 0.379 e. The van der Waals surface area contributed by atoms with E-state index in [-0.39, 0.29) is 5.91 Å². The number of fused-ring (bicyclic) bond motifs is 1. The third-order valence-electron chi connectivity index (χ3n) is 5.30. The molecule has 0 atom stereocenters. The number of carbonyl (C=O) groups excluding carboxylic acids is 1. The Balaban J connectivity index is 1.67. The number of thioether (sulfide) groups is 1. The van der Waals surface area contributed by atoms with Crippen LogP contribution in [0.1, 0.15) is 22.8 Å². The first kappa shape index (κ1) is 22.6. The molecule has 0 bridgehead atoms. The molecule has 1 aliphatic rings. The number of morpholine rings is 1. The Morgan fingerprint density at radius 3 is 2.84 bits per heavy atom. The molecule has 2 aromatic carbocycles. The van der Waals surface area contributed by atoms with Crippen LogP contribution in [-0.2, 0) is 4.74 Å². The van der Waals surface area contributed by atoms with Crippen LogP contribution in [0.15, 0.2) is 41.3 Å². The van der Waals surface area contributed by atoms with E-state index in [1.54, 1.807) is 11.8 Å². The molecule has 0 aliphatic carbocycles. The Labute approximate surface area is 196 Å². The molecule has 0 unspecified atom stereocenters. The fourth-order valence-electron chi connectivity index (χ4n) is 3.60. The zero-order valence-electron chi connectivity index (χ0n) is 17.8. The number of anilines is 1. The van der Waals surface area contributed by atoms with E-state index in [0.717, 1.165) is 59.3 Å². The van der Waals surface area contributed by atoms with Gasteiger partial charge in [0.05, 0.1) is 28.5 Å². The zero-order valence-corrected chi connectivity index (χ0v) is 20.2. The smallest absolute Gasteiger partial charge is 0.260 e. The molecule has 3 aromatic rings. The van der Waals surface area contributed by atoms with Crippen molar-refractivity contribution in [2.75, 3.05) is 50.0 Å². The van der Waals surface area contributed by atoms with Gasteiger partial charge in [0, 0.05) is 36.6 Å². The predicted molar refractivity (Wildman–Crippen MR) is 131 cm³/mol. The predicted octanol–water partition coefficient (Wildman–Crippen LogP) is 5.35. The molecule has 1 aromatic heterocycles. The SMILES string of the molecule is CCSc1cccc(C(=O)N(CCN2CCOCC2)c2nc3c(C)ccc(Cl)c3s2)c1. The van der Waals surface area contributed by atoms with Crippen LogP contribution in [0.3, 0.4) is 0 Å². The number of carbonyl (C=O) groups is 1. The van der Waals surface area contributed by atoms with Crippen molar-refractivity contribution >= 4 is 56.0 Å². The van der Waals surface area contributed by atoms with Crippen LogP contribution in [0.4, 0.5) is 5.13 Å². The molecule has 1 amide bonds. The molecule has 1 aliphatic heterocycles. The lowest BCUT2D eigenvalue weighted by atomic mass is 10.2. The molecule has 4 rings (SSSR count). The van der Waals surface area contributed by atoms with Crippen LogP contribution < -0.4 is 4.90 Å². The van der Waals surface area contributed by atoms with Crippen molar-refractivity contribution in [2.24, 2.45) is 0 Å². The maximum Gasteiger partial charge on any atom is 0.260 e. The first-order valence-corrected chi connectivity index (χ1v) is 12.7. The Hall–Kier alpha value is -1.64. The molecule has 1 saturated heterocycles. The van der Waals surface area contributed by atoms with Gasteiger partial charge in [-0.15, -0.1) is 11.8 Å². The van der Waals surface area contributed by atoms with Crippen molar-refractivity contribution in [3.05, 3.63) is 52.5 Å². The highest BCUT2D eigenvalue weighted by molar-refractivity contribution is 7.99. The van der Waals surface area contributed by atoms with E-state index in [1.807, 2.05) is 48.2 Å². The number of hydrogen-bond donors (Lipinski definition) is 0. The Morgan fingerprint density at radius 1 is 1.29 bits per heavy atom. The van der Waals surface area contributed by atoms with E-state index < -0.39 is 0 Å². The van der Waals surface area contributed by atoms with E-state index in [0.29, 0.717) is 22.3 Å². The molecular weight excluding hydrogens is 450 g/mol. The topological polar surface area (TPSA) is 45.7 Å². The summed E-state index contributed by atoms with van der Waals surface area (Å²) in [7, 11) is 0. The molecule has 5 nitrogen and oxygen atoms in total. The molecule has 0 saturated carbocycles. The standard InChI is InChI=1S/C23H26ClN3O2S2/c1-3-30-18-6-4-5-17(15-18)22(28)27(10-9-26-11-13-29-14-12-26)23-25-20-16(2)7-8-19(24)21(20)31-23/h4-8,15H,3,9-14H2,1-2H3. The van der Waals surface area contributed by atoms with Crippen molar-refractivity contribution in [3.8, 4) is 0 Å². The highest BCUT2D eigenvalue weighted by Crippen LogP contribution is 2.36. The van der Waals surface area contributed by atoms with Crippen LogP contribution in [-0.4, -0.2) is 60.9 Å². The van der Waals surface area contributed by atoms with Crippen LogP contribution in [0.25, 0.3) is 10.2 Å². The lowest BCUT2D eigenvalue weighted by Gasteiger charge is -2.29. The Kier molecular flexibility index (Phi) is 7.51. The van der Waals surface area contributed by atoms with Gasteiger partial charge in [-0.1, -0.05) is 42.0 Å². The maximum absolute atomic E-state index is 13.6. The summed E-state index contributed by atoms with van der Waals surface area (Å²) in [5.41, 5.74) is 2.61. The molecule has 0 spiro atoms. The van der Waals surface area contributed by atoms with Gasteiger partial charge in [-0.2, -0.15) is 0 Å². The van der Waals surface area contributed by atoms with Crippen LogP contribution in [0.5, 0.6) is 0 Å². The van der Waals surface area contributed by atoms with Gasteiger partial charge in [0.15, 0.2) is 5.13 Å². The molecule has 1 fully saturated rings. The van der Waals surface area contributed by atoms with Crippen molar-refractivity contribution < 1.29 is 9.53 Å². The minimum Gasteiger partial charge on any atom is -0.379 e. The number of ether oxygens (including phenoxy) is 1. The third-order valence-corrected chi connectivity index (χ3v) is 7.71. The van der Waals surface area contributed by atoms with Gasteiger partial charge in [0.25, 0.3) is 5.91 Å². The lowest BCUT2D eigenvalue weighted by molar-refractivity contribution is 0.0391. The zero-order chi connectivity index (χ0) is 21.8. The number of rotatable bonds is 7. The van der Waals surface area contributed by atoms with Crippen molar-refractivity contribution in [1.82, 2.24) is 9.88 Å². The average molecular weight is 476 g/mol. The first-order chi connectivity index (χ1) is 15.1. The second-order valence-corrected chi connectivity index (χ2v) is 10.1. The van der Waals surface area contributed by atoms with E-state index in [2.05, 4.69) is 11.8 Å². The van der Waals surface area contributed by atoms with Gasteiger partial charge in [0.2, 0.25) is 0 Å². The molecule has 8 heteroatoms. The van der Waals surface area contributed by atoms with E-state index in [1.165, 1.54) is 11.3 Å². The number of benzene rings is 2. The fraction of sp³-hybridized carbons (Fsp3) is 0.391. The monoisotopic (exact) mass is 475 g/mol. The number of amides is 1. The summed E-state index contributed by atoms with van der Waals surface area (Å²) in [5.74, 6) is 0.938. The fourth-order valence-corrected chi connectivity index (χ4v) is 5.66. The summed E-state index contributed by atoms with van der Waals surface area (Å²) >= 11 is 9.66. The van der Waals surface area contributed by atoms with Crippen molar-refractivity contribution in [3.63, 3.8) is 0 Å². The number of aryl methyl sites for hydroxylation is 1. The minimum absolute atomic E-state index is 0.0281. The average Bonchev–Trinajstić information content (AvgIpc) is 3.24. The van der Waals surface area contributed by atoms with Gasteiger partial charge >= 0.3 is 0 Å². The highest BCUT2D eigenvalue weighted by atomic mass is 35.5. The lowest BCUT2D eigenvalue weighted by Crippen LogP contribution is -2.43. The third kappa shape index (κ3) is 5.23. The van der Waals surface area contributed by atoms with Gasteiger partial charge in [0.1, 0.15) is 0 Å². The van der Waals surface area contributed by atoms with Crippen LogP contribution in [0, 0.1) is 6.92 Å². The van der Waals surface area contributed by atoms with Crippen LogP contribution in [0.2, 0.25) is 5.02 Å². The highest BCUT2D eigenvalue weighted by Gasteiger charge is 2.24. The van der Waals surface area contributed by atoms with Crippen molar-refractivity contribution in [2.45, 2.75) is 18.7 Å². The molecule has 164 valence electrons. The summed E-state index contributed by atoms with van der Waals surface area (Å²) < 4.78 is 6.39. The number of hydrogen-bond acceptors (Lipinski definition) is 6. The van der Waals surface area contributed by atoms with E-state index in [4.69, 9.17) is 21.3 Å². The van der Waals surface area contributed by atoms with Gasteiger partial charge in [-0.3, -0.25) is 14.6 Å². The number of nitrogens with zero attached hydrogens (tertiary/aromatic N) is 3. The first-order valence-electron chi connectivity index (χ1n) is 10.5. The molecule has 31 heavy (non-hydrogen) atoms. The molecule has 0 radical (unpaired) electrons. The number of aromatic nitrogens is 1. The van der Waals surface area contributed by atoms with Crippen LogP contribution >= 0.6 is 34.7 Å². The summed E-state index contributed by atoms with van der Waals surface area (Å²) in [6, 6.07) is 11.7. The second-order valence-electron chi connectivity index (χ2n) is 7.41. The Morgan fingerprint density at radius 2 is 2.10 bits per heavy atom. The molecular formula is C23H26ClN3O2S2. The van der Waals surface area contributed by atoms with Gasteiger partial charge in [-0.25, -0.2) is 4.98 Å². The van der Waals surface area contributed by atoms with Gasteiger partial charge in [-0.05, 0) is 42.5 Å². The minimum atomic E-state index is -0.0281. The van der Waals surface area contributed by atoms with Crippen molar-refractivity contribution in [1.29, 1.82) is 0 Å². The summed E-state index contributed by atoms with van der Waals surface area (Å²) in [6.07, 6.45) is 0. The summed E-state index contributed by atoms with van der Waals surface area (Å²) in [6.45, 7) is 8.72. The second kappa shape index (κ2) is 10.3. The quantitative estimate of drug-likeness (QED) is 0.431. The van der Waals surface area contributed by atoms with E-state index >= 15 is 0 Å². The molecule has 0 N–H and O–H groups in total. The normalized spacial score (nSPS) is 14.8. The summed E-state index contributed by atoms with van der Waals surface area (Å²) in [4.78, 5) is 23.7. The summed E-state index contributed by atoms with van der Waals surface area (Å²) in [5, 5.41) is 1.37. The maximum atomic E-state index is 13.6.